The quantitative estimate of drug-likeness (QED) is 0.518. The van der Waals surface area contributed by atoms with Gasteiger partial charge in [0.25, 0.3) is 0 Å². The number of ether oxygens (including phenoxy) is 2. The van der Waals surface area contributed by atoms with Crippen molar-refractivity contribution in [1.82, 2.24) is 5.32 Å². The van der Waals surface area contributed by atoms with E-state index in [9.17, 15) is 14.4 Å². The Morgan fingerprint density at radius 1 is 0.833 bits per heavy atom. The van der Waals surface area contributed by atoms with E-state index in [0.717, 1.165) is 11.3 Å². The Morgan fingerprint density at radius 3 is 2.19 bits per heavy atom. The maximum Gasteiger partial charge on any atom is 0.232 e. The first-order chi connectivity index (χ1) is 17.5. The molecule has 0 saturated carbocycles. The zero-order valence-corrected chi connectivity index (χ0v) is 19.8. The highest BCUT2D eigenvalue weighted by atomic mass is 16.5. The number of methoxy groups -OCH3 is 1. The molecule has 3 aromatic carbocycles. The monoisotopic (exact) mass is 482 g/mol. The summed E-state index contributed by atoms with van der Waals surface area (Å²) in [4.78, 5) is 38.9. The van der Waals surface area contributed by atoms with Crippen LogP contribution in [-0.2, 0) is 14.4 Å². The highest BCUT2D eigenvalue weighted by Gasteiger charge is 2.40. The number of hydrogen-bond donors (Lipinski definition) is 2. The van der Waals surface area contributed by atoms with Gasteiger partial charge in [0.2, 0.25) is 11.8 Å². The number of hydrogen-bond acceptors (Lipinski definition) is 5. The van der Waals surface area contributed by atoms with Crippen LogP contribution in [0.25, 0.3) is 0 Å². The molecule has 0 spiro atoms. The van der Waals surface area contributed by atoms with Crippen LogP contribution in [0.3, 0.4) is 0 Å². The fourth-order valence-electron chi connectivity index (χ4n) is 4.76. The summed E-state index contributed by atoms with van der Waals surface area (Å²) in [6.45, 7) is 0. The normalized spacial score (nSPS) is 19.2. The molecule has 0 saturated heterocycles. The van der Waals surface area contributed by atoms with Gasteiger partial charge < -0.3 is 20.1 Å². The van der Waals surface area contributed by atoms with E-state index in [4.69, 9.17) is 9.47 Å². The summed E-state index contributed by atoms with van der Waals surface area (Å²) in [6.07, 6.45) is 0.726. The number of rotatable bonds is 6. The second-order valence-electron chi connectivity index (χ2n) is 8.93. The standard InChI is InChI=1S/C29H26N2O5/c1-35-21-11-7-18(8-12-21)19-15-25-28(26(32)16-19)24(17-27(33)31-25)29(34)30-20-9-13-23(14-10-20)36-22-5-3-2-4-6-22/h2-14,19,24H,15-17H2,1H3,(H,30,34)(H,31,33)/t19-,24+/m1/s1. The van der Waals surface area contributed by atoms with Gasteiger partial charge in [-0.1, -0.05) is 30.3 Å². The van der Waals surface area contributed by atoms with Crippen LogP contribution in [-0.4, -0.2) is 24.7 Å². The Morgan fingerprint density at radius 2 is 1.50 bits per heavy atom. The van der Waals surface area contributed by atoms with Crippen LogP contribution >= 0.6 is 0 Å². The Balaban J connectivity index is 1.30. The average Bonchev–Trinajstić information content (AvgIpc) is 2.89. The van der Waals surface area contributed by atoms with Gasteiger partial charge >= 0.3 is 0 Å². The van der Waals surface area contributed by atoms with Crippen LogP contribution in [0.1, 0.15) is 30.7 Å². The Kier molecular flexibility index (Phi) is 6.54. The maximum atomic E-state index is 13.2. The first kappa shape index (κ1) is 23.4. The van der Waals surface area contributed by atoms with Gasteiger partial charge in [-0.3, -0.25) is 14.4 Å². The number of Topliss-reactive ketones (excluding diaryl/α,β-unsaturated/α-hetero) is 1. The molecule has 2 aliphatic rings. The number of allylic oxidation sites excluding steroid dienone is 1. The highest BCUT2D eigenvalue weighted by molar-refractivity contribution is 6.09. The minimum absolute atomic E-state index is 0.0567. The van der Waals surface area contributed by atoms with E-state index in [0.29, 0.717) is 34.9 Å². The van der Waals surface area contributed by atoms with Gasteiger partial charge in [0.05, 0.1) is 13.0 Å². The molecule has 3 aromatic rings. The Hall–Kier alpha value is -4.39. The van der Waals surface area contributed by atoms with E-state index in [2.05, 4.69) is 10.6 Å². The molecule has 7 nitrogen and oxygen atoms in total. The van der Waals surface area contributed by atoms with Crippen molar-refractivity contribution in [1.29, 1.82) is 0 Å². The van der Waals surface area contributed by atoms with Gasteiger partial charge in [-0.05, 0) is 66.4 Å². The number of anilines is 1. The topological polar surface area (TPSA) is 93.7 Å². The number of ketones is 1. The summed E-state index contributed by atoms with van der Waals surface area (Å²) >= 11 is 0. The second-order valence-corrected chi connectivity index (χ2v) is 8.93. The molecular weight excluding hydrogens is 456 g/mol. The third-order valence-electron chi connectivity index (χ3n) is 6.54. The number of carbonyl (C=O) groups is 3. The van der Waals surface area contributed by atoms with Gasteiger partial charge in [-0.15, -0.1) is 0 Å². The van der Waals surface area contributed by atoms with E-state index in [1.165, 1.54) is 0 Å². The molecule has 1 heterocycles. The van der Waals surface area contributed by atoms with Gasteiger partial charge in [0.15, 0.2) is 5.78 Å². The summed E-state index contributed by atoms with van der Waals surface area (Å²) in [5, 5.41) is 5.71. The van der Waals surface area contributed by atoms with Gasteiger partial charge in [0.1, 0.15) is 17.2 Å². The van der Waals surface area contributed by atoms with Crippen molar-refractivity contribution in [3.05, 3.63) is 95.7 Å². The minimum atomic E-state index is -0.821. The fraction of sp³-hybridized carbons (Fsp3) is 0.207. The van der Waals surface area contributed by atoms with Crippen molar-refractivity contribution in [3.8, 4) is 17.2 Å². The maximum absolute atomic E-state index is 13.2. The summed E-state index contributed by atoms with van der Waals surface area (Å²) in [6, 6.07) is 24.0. The Bertz CT molecular complexity index is 1310. The first-order valence-corrected chi connectivity index (χ1v) is 11.8. The third-order valence-corrected chi connectivity index (χ3v) is 6.54. The number of nitrogens with one attached hydrogen (secondary N) is 2. The average molecular weight is 483 g/mol. The summed E-state index contributed by atoms with van der Waals surface area (Å²) in [5.74, 6) is 0.458. The van der Waals surface area contributed by atoms with E-state index in [1.54, 1.807) is 31.4 Å². The van der Waals surface area contributed by atoms with Crippen LogP contribution in [0.15, 0.2) is 90.1 Å². The lowest BCUT2D eigenvalue weighted by atomic mass is 9.75. The molecule has 182 valence electrons. The molecule has 0 bridgehead atoms. The van der Waals surface area contributed by atoms with Crippen LogP contribution in [0.2, 0.25) is 0 Å². The molecule has 36 heavy (non-hydrogen) atoms. The first-order valence-electron chi connectivity index (χ1n) is 11.8. The second kappa shape index (κ2) is 10.1. The molecule has 0 aromatic heterocycles. The molecule has 1 aliphatic carbocycles. The van der Waals surface area contributed by atoms with Crippen molar-refractivity contribution in [2.45, 2.75) is 25.2 Å². The molecular formula is C29H26N2O5. The Labute approximate surface area is 209 Å². The largest absolute Gasteiger partial charge is 0.497 e. The van der Waals surface area contributed by atoms with Gasteiger partial charge in [-0.2, -0.15) is 0 Å². The lowest BCUT2D eigenvalue weighted by molar-refractivity contribution is -0.129. The predicted molar refractivity (Wildman–Crippen MR) is 135 cm³/mol. The van der Waals surface area contributed by atoms with Crippen LogP contribution < -0.4 is 20.1 Å². The lowest BCUT2D eigenvalue weighted by Crippen LogP contribution is -2.43. The van der Waals surface area contributed by atoms with E-state index in [1.807, 2.05) is 54.6 Å². The molecule has 5 rings (SSSR count). The smallest absolute Gasteiger partial charge is 0.232 e. The zero-order chi connectivity index (χ0) is 25.1. The van der Waals surface area contributed by atoms with Crippen molar-refractivity contribution in [2.75, 3.05) is 12.4 Å². The number of benzene rings is 3. The molecule has 0 fully saturated rings. The molecule has 2 atom stereocenters. The minimum Gasteiger partial charge on any atom is -0.497 e. The van der Waals surface area contributed by atoms with E-state index < -0.39 is 5.92 Å². The van der Waals surface area contributed by atoms with E-state index >= 15 is 0 Å². The van der Waals surface area contributed by atoms with Crippen molar-refractivity contribution in [3.63, 3.8) is 0 Å². The number of para-hydroxylation sites is 1. The number of amides is 2. The SMILES string of the molecule is COc1ccc([C@H]2CC(=O)C3=C(C2)NC(=O)C[C@@H]3C(=O)Nc2ccc(Oc3ccccc3)cc2)cc1. The molecule has 2 amide bonds. The summed E-state index contributed by atoms with van der Waals surface area (Å²) in [5.41, 5.74) is 2.53. The molecule has 0 unspecified atom stereocenters. The number of carbonyl (C=O) groups excluding carboxylic acids is 3. The molecule has 7 heteroatoms. The van der Waals surface area contributed by atoms with Crippen molar-refractivity contribution in [2.24, 2.45) is 5.92 Å². The van der Waals surface area contributed by atoms with Crippen molar-refractivity contribution < 1.29 is 23.9 Å². The zero-order valence-electron chi connectivity index (χ0n) is 19.8. The fourth-order valence-corrected chi connectivity index (χ4v) is 4.76. The van der Waals surface area contributed by atoms with Crippen LogP contribution in [0.5, 0.6) is 17.2 Å². The van der Waals surface area contributed by atoms with Gasteiger partial charge in [-0.25, -0.2) is 0 Å². The predicted octanol–water partition coefficient (Wildman–Crippen LogP) is 4.96. The van der Waals surface area contributed by atoms with Crippen LogP contribution in [0.4, 0.5) is 5.69 Å². The lowest BCUT2D eigenvalue weighted by Gasteiger charge is -2.33. The molecule has 2 N–H and O–H groups in total. The summed E-state index contributed by atoms with van der Waals surface area (Å²) in [7, 11) is 1.60. The van der Waals surface area contributed by atoms with E-state index in [-0.39, 0.29) is 36.4 Å². The third kappa shape index (κ3) is 5.00. The van der Waals surface area contributed by atoms with Gasteiger partial charge in [0, 0.05) is 29.8 Å². The highest BCUT2D eigenvalue weighted by Crippen LogP contribution is 2.39. The molecule has 0 radical (unpaired) electrons. The molecule has 1 aliphatic heterocycles. The van der Waals surface area contributed by atoms with Crippen molar-refractivity contribution >= 4 is 23.3 Å². The summed E-state index contributed by atoms with van der Waals surface area (Å²) < 4.78 is 11.0. The van der Waals surface area contributed by atoms with Crippen LogP contribution in [0, 0.1) is 5.92 Å².